The first-order valence-electron chi connectivity index (χ1n) is 7.90. The lowest BCUT2D eigenvalue weighted by molar-refractivity contribution is 0.0498. The molecule has 26 heavy (non-hydrogen) atoms. The van der Waals surface area contributed by atoms with E-state index in [1.54, 1.807) is 36.7 Å². The van der Waals surface area contributed by atoms with Crippen molar-refractivity contribution in [1.29, 1.82) is 0 Å². The summed E-state index contributed by atoms with van der Waals surface area (Å²) in [6, 6.07) is 8.64. The van der Waals surface area contributed by atoms with E-state index in [1.165, 1.54) is 0 Å². The third-order valence-corrected chi connectivity index (χ3v) is 4.80. The molecule has 0 saturated heterocycles. The van der Waals surface area contributed by atoms with Gasteiger partial charge in [-0.05, 0) is 64.7 Å². The molecule has 0 spiro atoms. The van der Waals surface area contributed by atoms with Gasteiger partial charge >= 0.3 is 6.09 Å². The SMILES string of the molecule is O=C(O)Nc1ccc(-c2cnc(C3(O)CCc4cc(Br)cnc43)o2)cc1. The zero-order valence-electron chi connectivity index (χ0n) is 13.4. The summed E-state index contributed by atoms with van der Waals surface area (Å²) in [6.07, 6.45) is 3.20. The number of nitrogens with one attached hydrogen (secondary N) is 1. The molecule has 1 amide bonds. The van der Waals surface area contributed by atoms with Crippen LogP contribution in [-0.4, -0.2) is 26.3 Å². The number of hydrogen-bond donors (Lipinski definition) is 3. The number of aromatic nitrogens is 2. The number of amides is 1. The molecule has 2 aromatic heterocycles. The number of aryl methyl sites for hydroxylation is 1. The molecule has 8 heteroatoms. The van der Waals surface area contributed by atoms with Gasteiger partial charge in [0, 0.05) is 21.9 Å². The lowest BCUT2D eigenvalue weighted by atomic mass is 10.0. The molecule has 132 valence electrons. The van der Waals surface area contributed by atoms with E-state index in [9.17, 15) is 9.90 Å². The molecule has 2 heterocycles. The number of fused-ring (bicyclic) bond motifs is 1. The minimum atomic E-state index is -1.35. The molecule has 1 aliphatic rings. The van der Waals surface area contributed by atoms with Crippen molar-refractivity contribution >= 4 is 27.7 Å². The maximum Gasteiger partial charge on any atom is 0.409 e. The Bertz CT molecular complexity index is 986. The molecule has 0 fully saturated rings. The van der Waals surface area contributed by atoms with E-state index in [0.717, 1.165) is 15.6 Å². The predicted molar refractivity (Wildman–Crippen MR) is 96.8 cm³/mol. The standard InChI is InChI=1S/C18H14BrN3O4/c19-12-7-11-5-6-18(25,15(11)20-8-12)16-21-9-14(26-16)10-1-3-13(4-2-10)22-17(23)24/h1-4,7-9,22,25H,5-6H2,(H,23,24). The highest BCUT2D eigenvalue weighted by Gasteiger charge is 2.44. The van der Waals surface area contributed by atoms with Gasteiger partial charge < -0.3 is 14.6 Å². The molecule has 7 nitrogen and oxygen atoms in total. The number of oxazole rings is 1. The minimum absolute atomic E-state index is 0.203. The average Bonchev–Trinajstić information content (AvgIpc) is 3.21. The van der Waals surface area contributed by atoms with Crippen molar-refractivity contribution < 1.29 is 19.4 Å². The molecular formula is C18H14BrN3O4. The van der Waals surface area contributed by atoms with Crippen molar-refractivity contribution in [2.24, 2.45) is 0 Å². The lowest BCUT2D eigenvalue weighted by Gasteiger charge is -2.18. The van der Waals surface area contributed by atoms with Crippen LogP contribution in [0.25, 0.3) is 11.3 Å². The molecule has 1 unspecified atom stereocenters. The number of carbonyl (C=O) groups is 1. The first-order chi connectivity index (χ1) is 12.5. The fraction of sp³-hybridized carbons (Fsp3) is 0.167. The van der Waals surface area contributed by atoms with Crippen LogP contribution in [-0.2, 0) is 12.0 Å². The van der Waals surface area contributed by atoms with Crippen molar-refractivity contribution in [2.75, 3.05) is 5.32 Å². The van der Waals surface area contributed by atoms with Crippen molar-refractivity contribution in [3.8, 4) is 11.3 Å². The quantitative estimate of drug-likeness (QED) is 0.600. The van der Waals surface area contributed by atoms with Gasteiger partial charge in [0.25, 0.3) is 0 Å². The Morgan fingerprint density at radius 2 is 2.00 bits per heavy atom. The maximum atomic E-state index is 11.1. The summed E-state index contributed by atoms with van der Waals surface area (Å²) in [5.74, 6) is 0.690. The molecule has 3 N–H and O–H groups in total. The summed E-state index contributed by atoms with van der Waals surface area (Å²) < 4.78 is 6.68. The average molecular weight is 416 g/mol. The number of benzene rings is 1. The summed E-state index contributed by atoms with van der Waals surface area (Å²) in [6.45, 7) is 0. The Morgan fingerprint density at radius 3 is 2.73 bits per heavy atom. The van der Waals surface area contributed by atoms with Crippen molar-refractivity contribution in [3.05, 3.63) is 64.3 Å². The smallest absolute Gasteiger partial charge is 0.409 e. The molecule has 0 bridgehead atoms. The van der Waals surface area contributed by atoms with E-state index < -0.39 is 11.7 Å². The van der Waals surface area contributed by atoms with Gasteiger partial charge in [-0.2, -0.15) is 0 Å². The predicted octanol–water partition coefficient (Wildman–Crippen LogP) is 3.77. The maximum absolute atomic E-state index is 11.1. The van der Waals surface area contributed by atoms with E-state index >= 15 is 0 Å². The molecular weight excluding hydrogens is 402 g/mol. The van der Waals surface area contributed by atoms with Crippen LogP contribution in [0.4, 0.5) is 10.5 Å². The van der Waals surface area contributed by atoms with Gasteiger partial charge in [-0.25, -0.2) is 9.78 Å². The van der Waals surface area contributed by atoms with Gasteiger partial charge in [-0.1, -0.05) is 0 Å². The van der Waals surface area contributed by atoms with Crippen molar-refractivity contribution in [2.45, 2.75) is 18.4 Å². The minimum Gasteiger partial charge on any atom is -0.465 e. The van der Waals surface area contributed by atoms with E-state index in [2.05, 4.69) is 31.2 Å². The van der Waals surface area contributed by atoms with Crippen molar-refractivity contribution in [1.82, 2.24) is 9.97 Å². The van der Waals surface area contributed by atoms with Crippen LogP contribution in [0.3, 0.4) is 0 Å². The highest BCUT2D eigenvalue weighted by atomic mass is 79.9. The Kier molecular flexibility index (Phi) is 4.01. The number of pyridine rings is 1. The zero-order chi connectivity index (χ0) is 18.3. The first-order valence-corrected chi connectivity index (χ1v) is 8.69. The third kappa shape index (κ3) is 2.87. The molecule has 1 aromatic carbocycles. The van der Waals surface area contributed by atoms with Gasteiger partial charge in [-0.15, -0.1) is 0 Å². The largest absolute Gasteiger partial charge is 0.465 e. The summed E-state index contributed by atoms with van der Waals surface area (Å²) in [4.78, 5) is 19.3. The Morgan fingerprint density at radius 1 is 1.23 bits per heavy atom. The van der Waals surface area contributed by atoms with Crippen LogP contribution >= 0.6 is 15.9 Å². The number of aliphatic hydroxyl groups is 1. The highest BCUT2D eigenvalue weighted by molar-refractivity contribution is 9.10. The summed E-state index contributed by atoms with van der Waals surface area (Å²) in [5, 5.41) is 22.1. The second-order valence-electron chi connectivity index (χ2n) is 6.06. The van der Waals surface area contributed by atoms with Crippen LogP contribution in [0, 0.1) is 0 Å². The normalized spacial score (nSPS) is 18.5. The van der Waals surface area contributed by atoms with Gasteiger partial charge in [0.15, 0.2) is 11.4 Å². The third-order valence-electron chi connectivity index (χ3n) is 4.36. The second kappa shape index (κ2) is 6.22. The summed E-state index contributed by atoms with van der Waals surface area (Å²) in [5.41, 5.74) is 1.37. The molecule has 0 aliphatic heterocycles. The lowest BCUT2D eigenvalue weighted by Crippen LogP contribution is -2.25. The number of nitrogens with zero attached hydrogens (tertiary/aromatic N) is 2. The number of rotatable bonds is 3. The highest BCUT2D eigenvalue weighted by Crippen LogP contribution is 2.41. The van der Waals surface area contributed by atoms with E-state index in [-0.39, 0.29) is 5.89 Å². The Hall–Kier alpha value is -2.71. The first kappa shape index (κ1) is 16.7. The molecule has 0 radical (unpaired) electrons. The monoisotopic (exact) mass is 415 g/mol. The van der Waals surface area contributed by atoms with Crippen LogP contribution in [0.5, 0.6) is 0 Å². The second-order valence-corrected chi connectivity index (χ2v) is 6.97. The number of halogens is 1. The topological polar surface area (TPSA) is 108 Å². The number of carboxylic acid groups (broad SMARTS) is 1. The van der Waals surface area contributed by atoms with Crippen LogP contribution < -0.4 is 5.32 Å². The number of anilines is 1. The molecule has 1 aliphatic carbocycles. The van der Waals surface area contributed by atoms with Crippen molar-refractivity contribution in [3.63, 3.8) is 0 Å². The fourth-order valence-corrected chi connectivity index (χ4v) is 3.51. The zero-order valence-corrected chi connectivity index (χ0v) is 15.0. The van der Waals surface area contributed by atoms with Crippen LogP contribution in [0.1, 0.15) is 23.6 Å². The molecule has 1 atom stereocenters. The van der Waals surface area contributed by atoms with Gasteiger partial charge in [-0.3, -0.25) is 10.3 Å². The fourth-order valence-electron chi connectivity index (χ4n) is 3.13. The van der Waals surface area contributed by atoms with Crippen LogP contribution in [0.15, 0.2) is 51.6 Å². The van der Waals surface area contributed by atoms with Gasteiger partial charge in [0.1, 0.15) is 0 Å². The Balaban J connectivity index is 1.64. The summed E-state index contributed by atoms with van der Waals surface area (Å²) in [7, 11) is 0. The molecule has 3 aromatic rings. The molecule has 0 saturated carbocycles. The van der Waals surface area contributed by atoms with E-state index in [4.69, 9.17) is 9.52 Å². The van der Waals surface area contributed by atoms with Gasteiger partial charge in [0.05, 0.1) is 11.9 Å². The Labute approximate surface area is 156 Å². The molecule has 4 rings (SSSR count). The number of hydrogen-bond acceptors (Lipinski definition) is 5. The van der Waals surface area contributed by atoms with E-state index in [0.29, 0.717) is 30.0 Å². The summed E-state index contributed by atoms with van der Waals surface area (Å²) >= 11 is 3.39. The van der Waals surface area contributed by atoms with Gasteiger partial charge in [0.2, 0.25) is 5.89 Å². The van der Waals surface area contributed by atoms with Crippen LogP contribution in [0.2, 0.25) is 0 Å². The van der Waals surface area contributed by atoms with E-state index in [1.807, 2.05) is 6.07 Å².